The highest BCUT2D eigenvalue weighted by Crippen LogP contribution is 2.31. The standard InChI is InChI=1S/C25H22N4O3/c1-32-25(31)16-8-10-21-18(13-16)19(14-29(21)12-4-11-26)23-24(30)27-20-9-7-15-5-2-3-6-17(15)22(20)28-23/h2-3,5-10,13-14H,4,11-12,26H2,1H3,(H,27,30). The number of aromatic nitrogens is 3. The highest BCUT2D eigenvalue weighted by molar-refractivity contribution is 6.05. The molecule has 3 N–H and O–H groups in total. The first kappa shape index (κ1) is 20.0. The lowest BCUT2D eigenvalue weighted by Crippen LogP contribution is -2.11. The molecule has 32 heavy (non-hydrogen) atoms. The Hall–Kier alpha value is -3.97. The van der Waals surface area contributed by atoms with Crippen molar-refractivity contribution in [2.45, 2.75) is 13.0 Å². The fraction of sp³-hybridized carbons (Fsp3) is 0.160. The Morgan fingerprint density at radius 3 is 2.78 bits per heavy atom. The first-order chi connectivity index (χ1) is 15.6. The molecule has 2 aromatic heterocycles. The number of benzene rings is 3. The van der Waals surface area contributed by atoms with Gasteiger partial charge in [0.05, 0.1) is 23.7 Å². The minimum absolute atomic E-state index is 0.283. The van der Waals surface area contributed by atoms with Gasteiger partial charge in [0.2, 0.25) is 0 Å². The molecule has 0 amide bonds. The zero-order valence-electron chi connectivity index (χ0n) is 17.6. The van der Waals surface area contributed by atoms with Gasteiger partial charge >= 0.3 is 5.97 Å². The van der Waals surface area contributed by atoms with Crippen LogP contribution in [0.3, 0.4) is 0 Å². The number of nitrogens with two attached hydrogens (primary N) is 1. The van der Waals surface area contributed by atoms with Gasteiger partial charge in [-0.15, -0.1) is 0 Å². The van der Waals surface area contributed by atoms with Crippen LogP contribution in [0.25, 0.3) is 44.0 Å². The van der Waals surface area contributed by atoms with Crippen LogP contribution in [0.1, 0.15) is 16.8 Å². The Morgan fingerprint density at radius 2 is 1.97 bits per heavy atom. The molecule has 5 aromatic rings. The molecule has 7 heteroatoms. The van der Waals surface area contributed by atoms with Gasteiger partial charge in [0.1, 0.15) is 5.69 Å². The van der Waals surface area contributed by atoms with E-state index >= 15 is 0 Å². The van der Waals surface area contributed by atoms with Gasteiger partial charge in [-0.1, -0.05) is 30.3 Å². The van der Waals surface area contributed by atoms with Crippen LogP contribution in [0.2, 0.25) is 0 Å². The van der Waals surface area contributed by atoms with Crippen molar-refractivity contribution in [2.75, 3.05) is 13.7 Å². The summed E-state index contributed by atoms with van der Waals surface area (Å²) in [7, 11) is 1.35. The number of fused-ring (bicyclic) bond motifs is 4. The number of rotatable bonds is 5. The van der Waals surface area contributed by atoms with Crippen molar-refractivity contribution in [1.29, 1.82) is 0 Å². The molecule has 0 radical (unpaired) electrons. The third-order valence-corrected chi connectivity index (χ3v) is 5.75. The molecule has 0 saturated heterocycles. The molecule has 0 fully saturated rings. The minimum atomic E-state index is -0.432. The zero-order chi connectivity index (χ0) is 22.2. The van der Waals surface area contributed by atoms with Gasteiger partial charge < -0.3 is 20.0 Å². The normalized spacial score (nSPS) is 11.4. The molecule has 0 bridgehead atoms. The van der Waals surface area contributed by atoms with E-state index in [1.807, 2.05) is 53.2 Å². The quantitative estimate of drug-likeness (QED) is 0.328. The van der Waals surface area contributed by atoms with E-state index in [1.165, 1.54) is 7.11 Å². The van der Waals surface area contributed by atoms with Crippen LogP contribution >= 0.6 is 0 Å². The lowest BCUT2D eigenvalue weighted by molar-refractivity contribution is 0.0601. The van der Waals surface area contributed by atoms with E-state index in [1.54, 1.807) is 12.1 Å². The van der Waals surface area contributed by atoms with Crippen LogP contribution in [0.15, 0.2) is 65.6 Å². The van der Waals surface area contributed by atoms with Crippen molar-refractivity contribution in [3.8, 4) is 11.3 Å². The fourth-order valence-electron chi connectivity index (χ4n) is 4.18. The van der Waals surface area contributed by atoms with Crippen molar-refractivity contribution in [1.82, 2.24) is 14.5 Å². The number of hydrogen-bond acceptors (Lipinski definition) is 5. The molecule has 7 nitrogen and oxygen atoms in total. The van der Waals surface area contributed by atoms with Crippen molar-refractivity contribution in [2.24, 2.45) is 5.73 Å². The van der Waals surface area contributed by atoms with E-state index in [9.17, 15) is 9.59 Å². The topological polar surface area (TPSA) is 103 Å². The Labute approximate surface area is 183 Å². The number of carbonyl (C=O) groups excluding carboxylic acids is 1. The second-order valence-electron chi connectivity index (χ2n) is 7.70. The molecule has 0 aliphatic carbocycles. The fourth-order valence-corrected chi connectivity index (χ4v) is 4.18. The average Bonchev–Trinajstić information content (AvgIpc) is 3.19. The molecule has 0 spiro atoms. The second-order valence-corrected chi connectivity index (χ2v) is 7.70. The number of carbonyl (C=O) groups is 1. The largest absolute Gasteiger partial charge is 0.465 e. The molecular weight excluding hydrogens is 404 g/mol. The summed E-state index contributed by atoms with van der Waals surface area (Å²) >= 11 is 0. The summed E-state index contributed by atoms with van der Waals surface area (Å²) in [6.45, 7) is 1.25. The van der Waals surface area contributed by atoms with E-state index in [0.717, 1.165) is 33.6 Å². The first-order valence-corrected chi connectivity index (χ1v) is 10.4. The molecule has 3 aromatic carbocycles. The second kappa shape index (κ2) is 7.94. The molecule has 2 heterocycles. The van der Waals surface area contributed by atoms with E-state index in [2.05, 4.69) is 4.98 Å². The van der Waals surface area contributed by atoms with Gasteiger partial charge in [-0.3, -0.25) is 4.79 Å². The van der Waals surface area contributed by atoms with Crippen LogP contribution < -0.4 is 11.3 Å². The highest BCUT2D eigenvalue weighted by atomic mass is 16.5. The third kappa shape index (κ3) is 3.23. The SMILES string of the molecule is COC(=O)c1ccc2c(c1)c(-c1nc3c(ccc4ccccc43)[nH]c1=O)cn2CCCN. The van der Waals surface area contributed by atoms with Crippen molar-refractivity contribution in [3.63, 3.8) is 0 Å². The molecule has 0 aliphatic heterocycles. The lowest BCUT2D eigenvalue weighted by Gasteiger charge is -2.06. The van der Waals surface area contributed by atoms with Crippen molar-refractivity contribution in [3.05, 3.63) is 76.7 Å². The van der Waals surface area contributed by atoms with Crippen LogP contribution in [0, 0.1) is 0 Å². The molecule has 0 saturated carbocycles. The van der Waals surface area contributed by atoms with Gasteiger partial charge in [0, 0.05) is 34.6 Å². The number of nitrogens with one attached hydrogen (secondary N) is 1. The maximum atomic E-state index is 13.1. The van der Waals surface area contributed by atoms with Crippen LogP contribution in [0.4, 0.5) is 0 Å². The van der Waals surface area contributed by atoms with Gasteiger partial charge in [-0.2, -0.15) is 0 Å². The number of H-pyrrole nitrogens is 1. The Morgan fingerprint density at radius 1 is 1.12 bits per heavy atom. The summed E-state index contributed by atoms with van der Waals surface area (Å²) < 4.78 is 6.93. The van der Waals surface area contributed by atoms with Gasteiger partial charge in [-0.25, -0.2) is 9.78 Å². The molecule has 0 atom stereocenters. The van der Waals surface area contributed by atoms with E-state index in [0.29, 0.717) is 35.4 Å². The van der Waals surface area contributed by atoms with Crippen LogP contribution in [0.5, 0.6) is 0 Å². The number of aryl methyl sites for hydroxylation is 1. The number of methoxy groups -OCH3 is 1. The number of hydrogen-bond donors (Lipinski definition) is 2. The number of aromatic amines is 1. The monoisotopic (exact) mass is 426 g/mol. The zero-order valence-corrected chi connectivity index (χ0v) is 17.6. The smallest absolute Gasteiger partial charge is 0.337 e. The Bertz CT molecular complexity index is 1550. The Balaban J connectivity index is 1.80. The van der Waals surface area contributed by atoms with Crippen LogP contribution in [-0.4, -0.2) is 34.2 Å². The number of esters is 1. The lowest BCUT2D eigenvalue weighted by atomic mass is 10.1. The third-order valence-electron chi connectivity index (χ3n) is 5.75. The maximum absolute atomic E-state index is 13.1. The summed E-state index contributed by atoms with van der Waals surface area (Å²) in [5.74, 6) is -0.432. The number of ether oxygens (including phenoxy) is 1. The molecule has 0 unspecified atom stereocenters. The average molecular weight is 426 g/mol. The Kier molecular flexibility index (Phi) is 4.95. The summed E-state index contributed by atoms with van der Waals surface area (Å²) in [5.41, 5.74) is 9.14. The van der Waals surface area contributed by atoms with Gasteiger partial charge in [-0.05, 0) is 42.6 Å². The van der Waals surface area contributed by atoms with Gasteiger partial charge in [0.15, 0.2) is 0 Å². The maximum Gasteiger partial charge on any atom is 0.337 e. The number of nitrogens with zero attached hydrogens (tertiary/aromatic N) is 2. The summed E-state index contributed by atoms with van der Waals surface area (Å²) in [4.78, 5) is 33.0. The van der Waals surface area contributed by atoms with E-state index in [4.69, 9.17) is 15.5 Å². The van der Waals surface area contributed by atoms with E-state index in [-0.39, 0.29) is 5.56 Å². The van der Waals surface area contributed by atoms with Gasteiger partial charge in [0.25, 0.3) is 5.56 Å². The molecule has 0 aliphatic rings. The molecule has 5 rings (SSSR count). The predicted molar refractivity (Wildman–Crippen MR) is 126 cm³/mol. The predicted octanol–water partition coefficient (Wildman–Crippen LogP) is 3.83. The molecule has 160 valence electrons. The highest BCUT2D eigenvalue weighted by Gasteiger charge is 2.18. The van der Waals surface area contributed by atoms with Crippen molar-refractivity contribution < 1.29 is 9.53 Å². The van der Waals surface area contributed by atoms with Crippen molar-refractivity contribution >= 4 is 38.7 Å². The summed E-state index contributed by atoms with van der Waals surface area (Å²) in [6.07, 6.45) is 2.70. The summed E-state index contributed by atoms with van der Waals surface area (Å²) in [5, 5.41) is 2.77. The first-order valence-electron chi connectivity index (χ1n) is 10.4. The molecular formula is C25H22N4O3. The van der Waals surface area contributed by atoms with E-state index < -0.39 is 5.97 Å². The van der Waals surface area contributed by atoms with Crippen LogP contribution in [-0.2, 0) is 11.3 Å². The minimum Gasteiger partial charge on any atom is -0.465 e. The summed E-state index contributed by atoms with van der Waals surface area (Å²) in [6, 6.07) is 17.1.